The fourth-order valence-corrected chi connectivity index (χ4v) is 5.83. The number of piperidine rings is 1. The van der Waals surface area contributed by atoms with Gasteiger partial charge in [-0.05, 0) is 54.1 Å². The smallest absolute Gasteiger partial charge is 0.408 e. The van der Waals surface area contributed by atoms with E-state index >= 15 is 0 Å². The summed E-state index contributed by atoms with van der Waals surface area (Å²) in [6, 6.07) is 8.82. The fourth-order valence-electron chi connectivity index (χ4n) is 5.83. The van der Waals surface area contributed by atoms with Crippen LogP contribution in [0.3, 0.4) is 0 Å². The number of nitrogens with one attached hydrogen (secondary N) is 1. The first-order valence-corrected chi connectivity index (χ1v) is 11.7. The molecular weight excluding hydrogens is 422 g/mol. The van der Waals surface area contributed by atoms with Crippen LogP contribution in [0.25, 0.3) is 5.57 Å². The molecule has 1 saturated carbocycles. The van der Waals surface area contributed by atoms with E-state index in [1.165, 1.54) is 0 Å². The van der Waals surface area contributed by atoms with Gasteiger partial charge in [-0.15, -0.1) is 0 Å². The van der Waals surface area contributed by atoms with Crippen molar-refractivity contribution in [3.8, 4) is 0 Å². The Morgan fingerprint density at radius 1 is 1.18 bits per heavy atom. The zero-order valence-corrected chi connectivity index (χ0v) is 19.2. The molecule has 33 heavy (non-hydrogen) atoms. The van der Waals surface area contributed by atoms with E-state index in [2.05, 4.69) is 13.8 Å². The molecule has 8 heteroatoms. The Labute approximate surface area is 194 Å². The highest BCUT2D eigenvalue weighted by atomic mass is 16.5. The number of amides is 3. The molecule has 4 atom stereocenters. The quantitative estimate of drug-likeness (QED) is 0.466. The Kier molecular flexibility index (Phi) is 6.47. The molecule has 2 aliphatic heterocycles. The van der Waals surface area contributed by atoms with E-state index in [0.29, 0.717) is 37.8 Å². The predicted octanol–water partition coefficient (Wildman–Crippen LogP) is 3.23. The van der Waals surface area contributed by atoms with Crippen LogP contribution in [0.1, 0.15) is 45.1 Å². The highest BCUT2D eigenvalue weighted by Gasteiger charge is 2.62. The first-order valence-electron chi connectivity index (χ1n) is 11.7. The van der Waals surface area contributed by atoms with Gasteiger partial charge in [-0.25, -0.2) is 10.3 Å². The van der Waals surface area contributed by atoms with Crippen LogP contribution in [-0.4, -0.2) is 63.7 Å². The summed E-state index contributed by atoms with van der Waals surface area (Å²) in [4.78, 5) is 41.2. The lowest BCUT2D eigenvalue weighted by Gasteiger charge is -2.44. The van der Waals surface area contributed by atoms with Crippen LogP contribution in [0.15, 0.2) is 36.4 Å². The average Bonchev–Trinajstić information content (AvgIpc) is 3.47. The summed E-state index contributed by atoms with van der Waals surface area (Å²) in [6.07, 6.45) is 3.67. The molecule has 2 heterocycles. The topological polar surface area (TPSA) is 110 Å². The van der Waals surface area contributed by atoms with Gasteiger partial charge in [0.2, 0.25) is 11.8 Å². The van der Waals surface area contributed by atoms with Gasteiger partial charge in [0.15, 0.2) is 0 Å². The summed E-state index contributed by atoms with van der Waals surface area (Å²) in [5.74, 6) is -1.17. The van der Waals surface area contributed by atoms with E-state index < -0.39 is 24.0 Å². The second kappa shape index (κ2) is 9.17. The van der Waals surface area contributed by atoms with Crippen LogP contribution in [0.5, 0.6) is 0 Å². The van der Waals surface area contributed by atoms with Gasteiger partial charge in [0.1, 0.15) is 6.04 Å². The molecule has 0 bridgehead atoms. The normalized spacial score (nSPS) is 29.1. The van der Waals surface area contributed by atoms with Crippen LogP contribution in [0, 0.1) is 23.2 Å². The van der Waals surface area contributed by atoms with Crippen molar-refractivity contribution >= 4 is 23.5 Å². The minimum absolute atomic E-state index is 0.254. The molecule has 3 unspecified atom stereocenters. The SMILES string of the molecule is CC(C)CC1CC12CC(C(=O)NO)[C@@H](C(=O)N1CC=C(c3ccccc3)CC1)N(C(=O)O)C2. The van der Waals surface area contributed by atoms with Gasteiger partial charge in [0.05, 0.1) is 5.92 Å². The van der Waals surface area contributed by atoms with Crippen LogP contribution in [0.4, 0.5) is 4.79 Å². The Hall–Kier alpha value is -2.87. The maximum absolute atomic E-state index is 13.6. The fraction of sp³-hybridized carbons (Fsp3) is 0.560. The highest BCUT2D eigenvalue weighted by Crippen LogP contribution is 2.62. The van der Waals surface area contributed by atoms with Crippen LogP contribution < -0.4 is 5.48 Å². The summed E-state index contributed by atoms with van der Waals surface area (Å²) in [6.45, 7) is 5.33. The number of carboxylic acid groups (broad SMARTS) is 1. The van der Waals surface area contributed by atoms with Crippen molar-refractivity contribution in [1.82, 2.24) is 15.3 Å². The van der Waals surface area contributed by atoms with Gasteiger partial charge >= 0.3 is 6.09 Å². The van der Waals surface area contributed by atoms with Gasteiger partial charge in [0.25, 0.3) is 0 Å². The maximum Gasteiger partial charge on any atom is 0.408 e. The standard InChI is InChI=1S/C25H33N3O5/c1-16(2)12-19-13-25(19)14-20(22(29)26-33)21(28(15-25)24(31)32)23(30)27-10-8-18(9-11-27)17-6-4-3-5-7-17/h3-8,16,19-21,33H,9-15H2,1-2H3,(H,26,29)(H,31,32)/t19?,20?,21-,25?/m0/s1. The van der Waals surface area contributed by atoms with Crippen molar-refractivity contribution in [1.29, 1.82) is 0 Å². The summed E-state index contributed by atoms with van der Waals surface area (Å²) in [7, 11) is 0. The van der Waals surface area contributed by atoms with Crippen molar-refractivity contribution in [3.05, 3.63) is 42.0 Å². The molecule has 1 saturated heterocycles. The van der Waals surface area contributed by atoms with Gasteiger partial charge < -0.3 is 10.0 Å². The zero-order valence-electron chi connectivity index (χ0n) is 19.2. The molecule has 1 aromatic carbocycles. The molecule has 1 aliphatic carbocycles. The van der Waals surface area contributed by atoms with E-state index in [9.17, 15) is 24.7 Å². The molecule has 1 aromatic rings. The van der Waals surface area contributed by atoms with Crippen molar-refractivity contribution in [2.75, 3.05) is 19.6 Å². The first kappa shape index (κ1) is 23.3. The third kappa shape index (κ3) is 4.62. The lowest BCUT2D eigenvalue weighted by Crippen LogP contribution is -2.62. The van der Waals surface area contributed by atoms with Crippen molar-refractivity contribution < 1.29 is 24.7 Å². The molecule has 0 radical (unpaired) electrons. The first-order chi connectivity index (χ1) is 15.8. The Morgan fingerprint density at radius 2 is 1.91 bits per heavy atom. The van der Waals surface area contributed by atoms with Gasteiger partial charge in [-0.3, -0.25) is 19.7 Å². The number of hydrogen-bond donors (Lipinski definition) is 3. The minimum atomic E-state index is -1.20. The number of hydrogen-bond acceptors (Lipinski definition) is 4. The molecule has 0 aromatic heterocycles. The molecule has 3 N–H and O–H groups in total. The van der Waals surface area contributed by atoms with Crippen molar-refractivity contribution in [2.24, 2.45) is 23.2 Å². The molecular formula is C25H33N3O5. The lowest BCUT2D eigenvalue weighted by atomic mass is 9.78. The number of hydroxylamine groups is 1. The number of rotatable bonds is 5. The lowest BCUT2D eigenvalue weighted by molar-refractivity contribution is -0.150. The number of likely N-dealkylation sites (tertiary alicyclic amines) is 1. The Bertz CT molecular complexity index is 947. The minimum Gasteiger partial charge on any atom is -0.465 e. The number of carbonyl (C=O) groups excluding carboxylic acids is 2. The van der Waals surface area contributed by atoms with E-state index in [1.54, 1.807) is 10.4 Å². The van der Waals surface area contributed by atoms with Crippen LogP contribution in [0.2, 0.25) is 0 Å². The summed E-state index contributed by atoms with van der Waals surface area (Å²) in [5, 5.41) is 19.4. The highest BCUT2D eigenvalue weighted by molar-refractivity contribution is 5.93. The number of nitrogens with zero attached hydrogens (tertiary/aromatic N) is 2. The van der Waals surface area contributed by atoms with E-state index in [4.69, 9.17) is 0 Å². The molecule has 8 nitrogen and oxygen atoms in total. The maximum atomic E-state index is 13.6. The molecule has 3 amide bonds. The van der Waals surface area contributed by atoms with Crippen molar-refractivity contribution in [2.45, 2.75) is 45.6 Å². The van der Waals surface area contributed by atoms with E-state index in [1.807, 2.05) is 36.4 Å². The van der Waals surface area contributed by atoms with Gasteiger partial charge in [-0.1, -0.05) is 50.3 Å². The Balaban J connectivity index is 1.55. The molecule has 2 fully saturated rings. The third-order valence-corrected chi connectivity index (χ3v) is 7.55. The molecule has 1 spiro atoms. The average molecular weight is 456 g/mol. The second-order valence-electron chi connectivity index (χ2n) is 10.2. The largest absolute Gasteiger partial charge is 0.465 e. The van der Waals surface area contributed by atoms with Crippen molar-refractivity contribution in [3.63, 3.8) is 0 Å². The van der Waals surface area contributed by atoms with Crippen LogP contribution >= 0.6 is 0 Å². The third-order valence-electron chi connectivity index (χ3n) is 7.55. The molecule has 4 rings (SSSR count). The van der Waals surface area contributed by atoms with E-state index in [0.717, 1.165) is 28.9 Å². The summed E-state index contributed by atoms with van der Waals surface area (Å²) in [5.41, 5.74) is 3.66. The summed E-state index contributed by atoms with van der Waals surface area (Å²) >= 11 is 0. The molecule has 178 valence electrons. The van der Waals surface area contributed by atoms with E-state index in [-0.39, 0.29) is 17.9 Å². The molecule has 3 aliphatic rings. The number of benzene rings is 1. The zero-order chi connectivity index (χ0) is 23.8. The monoisotopic (exact) mass is 455 g/mol. The predicted molar refractivity (Wildman–Crippen MR) is 122 cm³/mol. The Morgan fingerprint density at radius 3 is 2.48 bits per heavy atom. The van der Waals surface area contributed by atoms with Gasteiger partial charge in [-0.2, -0.15) is 0 Å². The second-order valence-corrected chi connectivity index (χ2v) is 10.2. The van der Waals surface area contributed by atoms with Crippen LogP contribution in [-0.2, 0) is 9.59 Å². The summed E-state index contributed by atoms with van der Waals surface area (Å²) < 4.78 is 0. The van der Waals surface area contributed by atoms with Gasteiger partial charge in [0, 0.05) is 19.6 Å². The number of carbonyl (C=O) groups is 3.